The zero-order valence-corrected chi connectivity index (χ0v) is 13.4. The Morgan fingerprint density at radius 1 is 1.48 bits per heavy atom. The lowest BCUT2D eigenvalue weighted by Crippen LogP contribution is -2.30. The second kappa shape index (κ2) is 6.83. The van der Waals surface area contributed by atoms with E-state index in [0.29, 0.717) is 13.2 Å². The number of rotatable bonds is 5. The first-order chi connectivity index (χ1) is 11.2. The first-order valence-corrected chi connectivity index (χ1v) is 7.72. The van der Waals surface area contributed by atoms with Crippen LogP contribution >= 0.6 is 0 Å². The normalized spacial score (nSPS) is 14.9. The Labute approximate surface area is 135 Å². The van der Waals surface area contributed by atoms with Crippen molar-refractivity contribution in [2.75, 3.05) is 13.7 Å². The van der Waals surface area contributed by atoms with Gasteiger partial charge in [-0.3, -0.25) is 9.48 Å². The van der Waals surface area contributed by atoms with E-state index in [4.69, 9.17) is 9.47 Å². The predicted molar refractivity (Wildman–Crippen MR) is 85.1 cm³/mol. The molecule has 6 heteroatoms. The minimum atomic E-state index is -0.132. The Morgan fingerprint density at radius 3 is 3.09 bits per heavy atom. The molecule has 1 aromatic carbocycles. The summed E-state index contributed by atoms with van der Waals surface area (Å²) in [6, 6.07) is 7.55. The summed E-state index contributed by atoms with van der Waals surface area (Å²) < 4.78 is 12.4. The van der Waals surface area contributed by atoms with Gasteiger partial charge in [-0.05, 0) is 13.0 Å². The number of nitrogens with one attached hydrogen (secondary N) is 1. The Hall–Kier alpha value is -2.34. The molecule has 1 amide bonds. The molecule has 0 saturated carbocycles. The van der Waals surface area contributed by atoms with Crippen molar-refractivity contribution in [3.63, 3.8) is 0 Å². The van der Waals surface area contributed by atoms with E-state index >= 15 is 0 Å². The smallest absolute Gasteiger partial charge is 0.242 e. The average molecular weight is 315 g/mol. The number of aromatic nitrogens is 2. The number of nitrogens with zero attached hydrogens (tertiary/aromatic N) is 2. The average Bonchev–Trinajstić information content (AvgIpc) is 2.96. The van der Waals surface area contributed by atoms with Crippen LogP contribution in [0.15, 0.2) is 30.5 Å². The van der Waals surface area contributed by atoms with Gasteiger partial charge in [-0.1, -0.05) is 18.2 Å². The lowest BCUT2D eigenvalue weighted by atomic mass is 10.1. The summed E-state index contributed by atoms with van der Waals surface area (Å²) in [5.74, 6) is 0.691. The number of amides is 1. The molecule has 122 valence electrons. The fourth-order valence-corrected chi connectivity index (χ4v) is 2.80. The van der Waals surface area contributed by atoms with E-state index in [2.05, 4.69) is 10.4 Å². The van der Waals surface area contributed by atoms with Crippen LogP contribution in [0.25, 0.3) is 0 Å². The van der Waals surface area contributed by atoms with Gasteiger partial charge in [-0.25, -0.2) is 0 Å². The molecule has 0 aliphatic carbocycles. The van der Waals surface area contributed by atoms with E-state index in [1.165, 1.54) is 0 Å². The molecule has 2 heterocycles. The van der Waals surface area contributed by atoms with Gasteiger partial charge in [-0.2, -0.15) is 5.10 Å². The van der Waals surface area contributed by atoms with E-state index in [-0.39, 0.29) is 18.5 Å². The molecule has 1 aliphatic rings. The number of hydrogen-bond acceptors (Lipinski definition) is 4. The third-order valence-corrected chi connectivity index (χ3v) is 3.95. The van der Waals surface area contributed by atoms with Crippen molar-refractivity contribution < 1.29 is 14.3 Å². The first kappa shape index (κ1) is 15.6. The maximum Gasteiger partial charge on any atom is 0.242 e. The van der Waals surface area contributed by atoms with Crippen molar-refractivity contribution in [2.24, 2.45) is 0 Å². The van der Waals surface area contributed by atoms with Crippen LogP contribution in [-0.2, 0) is 29.1 Å². The molecule has 23 heavy (non-hydrogen) atoms. The maximum absolute atomic E-state index is 12.3. The summed E-state index contributed by atoms with van der Waals surface area (Å²) in [6.07, 6.45) is 2.70. The minimum Gasteiger partial charge on any atom is -0.496 e. The van der Waals surface area contributed by atoms with Gasteiger partial charge >= 0.3 is 0 Å². The lowest BCUT2D eigenvalue weighted by molar-refractivity contribution is -0.122. The standard InChI is InChI=1S/C17H21N3O3/c1-12(14-5-3-4-6-16(14)22-2)18-17(21)10-20-9-13-11-23-8-7-15(13)19-20/h3-6,9,12H,7-8,10-11H2,1-2H3,(H,18,21). The molecule has 0 spiro atoms. The van der Waals surface area contributed by atoms with Gasteiger partial charge in [0.05, 0.1) is 32.1 Å². The molecule has 1 aliphatic heterocycles. The summed E-state index contributed by atoms with van der Waals surface area (Å²) in [6.45, 7) is 3.42. The van der Waals surface area contributed by atoms with Gasteiger partial charge in [0.15, 0.2) is 0 Å². The summed E-state index contributed by atoms with van der Waals surface area (Å²) in [4.78, 5) is 12.3. The summed E-state index contributed by atoms with van der Waals surface area (Å²) in [5, 5.41) is 7.44. The number of carbonyl (C=O) groups is 1. The third-order valence-electron chi connectivity index (χ3n) is 3.95. The van der Waals surface area contributed by atoms with Crippen LogP contribution in [0.5, 0.6) is 5.75 Å². The molecule has 1 atom stereocenters. The molecular weight excluding hydrogens is 294 g/mol. The molecule has 3 rings (SSSR count). The van der Waals surface area contributed by atoms with Gasteiger partial charge in [-0.15, -0.1) is 0 Å². The van der Waals surface area contributed by atoms with Crippen molar-refractivity contribution in [3.05, 3.63) is 47.3 Å². The molecule has 6 nitrogen and oxygen atoms in total. The first-order valence-electron chi connectivity index (χ1n) is 7.72. The second-order valence-electron chi connectivity index (χ2n) is 5.63. The van der Waals surface area contributed by atoms with Crippen LogP contribution in [0.1, 0.15) is 29.8 Å². The van der Waals surface area contributed by atoms with Crippen LogP contribution in [0.2, 0.25) is 0 Å². The van der Waals surface area contributed by atoms with Gasteiger partial charge in [0.1, 0.15) is 12.3 Å². The highest BCUT2D eigenvalue weighted by molar-refractivity contribution is 5.76. The van der Waals surface area contributed by atoms with Crippen LogP contribution in [0.3, 0.4) is 0 Å². The van der Waals surface area contributed by atoms with Crippen LogP contribution in [-0.4, -0.2) is 29.4 Å². The van der Waals surface area contributed by atoms with E-state index in [9.17, 15) is 4.79 Å². The number of carbonyl (C=O) groups excluding carboxylic acids is 1. The molecular formula is C17H21N3O3. The number of benzene rings is 1. The number of para-hydroxylation sites is 1. The monoisotopic (exact) mass is 315 g/mol. The Balaban J connectivity index is 1.63. The highest BCUT2D eigenvalue weighted by Gasteiger charge is 2.17. The quantitative estimate of drug-likeness (QED) is 0.914. The molecule has 0 radical (unpaired) electrons. The zero-order valence-electron chi connectivity index (χ0n) is 13.4. The molecule has 1 unspecified atom stereocenters. The number of fused-ring (bicyclic) bond motifs is 1. The van der Waals surface area contributed by atoms with Crippen LogP contribution in [0.4, 0.5) is 0 Å². The summed E-state index contributed by atoms with van der Waals surface area (Å²) in [7, 11) is 1.63. The highest BCUT2D eigenvalue weighted by atomic mass is 16.5. The van der Waals surface area contributed by atoms with Crippen molar-refractivity contribution in [2.45, 2.75) is 32.5 Å². The molecule has 1 aromatic heterocycles. The van der Waals surface area contributed by atoms with Gasteiger partial charge in [0.25, 0.3) is 0 Å². The van der Waals surface area contributed by atoms with Crippen molar-refractivity contribution in [1.82, 2.24) is 15.1 Å². The van der Waals surface area contributed by atoms with E-state index in [0.717, 1.165) is 29.0 Å². The summed E-state index contributed by atoms with van der Waals surface area (Å²) in [5.41, 5.74) is 3.06. The predicted octanol–water partition coefficient (Wildman–Crippen LogP) is 1.84. The fraction of sp³-hybridized carbons (Fsp3) is 0.412. The zero-order chi connectivity index (χ0) is 16.2. The van der Waals surface area contributed by atoms with Gasteiger partial charge in [0.2, 0.25) is 5.91 Å². The highest BCUT2D eigenvalue weighted by Crippen LogP contribution is 2.24. The molecule has 1 N–H and O–H groups in total. The maximum atomic E-state index is 12.3. The molecule has 0 bridgehead atoms. The fourth-order valence-electron chi connectivity index (χ4n) is 2.80. The van der Waals surface area contributed by atoms with Crippen molar-refractivity contribution >= 4 is 5.91 Å². The number of hydrogen-bond donors (Lipinski definition) is 1. The van der Waals surface area contributed by atoms with Gasteiger partial charge < -0.3 is 14.8 Å². The largest absolute Gasteiger partial charge is 0.496 e. The topological polar surface area (TPSA) is 65.4 Å². The number of methoxy groups -OCH3 is 1. The minimum absolute atomic E-state index is 0.0795. The third kappa shape index (κ3) is 3.53. The Bertz CT molecular complexity index is 673. The van der Waals surface area contributed by atoms with E-state index < -0.39 is 0 Å². The molecule has 2 aromatic rings. The molecule has 0 fully saturated rings. The Morgan fingerprint density at radius 2 is 2.30 bits per heavy atom. The number of ether oxygens (including phenoxy) is 2. The Kier molecular flexibility index (Phi) is 4.62. The van der Waals surface area contributed by atoms with Crippen LogP contribution < -0.4 is 10.1 Å². The van der Waals surface area contributed by atoms with E-state index in [1.54, 1.807) is 11.8 Å². The van der Waals surface area contributed by atoms with Crippen molar-refractivity contribution in [1.29, 1.82) is 0 Å². The molecule has 0 saturated heterocycles. The van der Waals surface area contributed by atoms with Gasteiger partial charge in [0, 0.05) is 23.7 Å². The van der Waals surface area contributed by atoms with E-state index in [1.807, 2.05) is 37.4 Å². The van der Waals surface area contributed by atoms with Crippen molar-refractivity contribution in [3.8, 4) is 5.75 Å². The second-order valence-corrected chi connectivity index (χ2v) is 5.63. The lowest BCUT2D eigenvalue weighted by Gasteiger charge is -2.17. The summed E-state index contributed by atoms with van der Waals surface area (Å²) >= 11 is 0. The van der Waals surface area contributed by atoms with Crippen LogP contribution in [0, 0.1) is 0 Å². The SMILES string of the molecule is COc1ccccc1C(C)NC(=O)Cn1cc2c(n1)CCOC2.